The molecule has 0 saturated carbocycles. The number of rotatable bonds is 3. The number of nitrogens with zero attached hydrogens (tertiary/aromatic N) is 2. The fourth-order valence-electron chi connectivity index (χ4n) is 1.67. The summed E-state index contributed by atoms with van der Waals surface area (Å²) < 4.78 is 1.88. The lowest BCUT2D eigenvalue weighted by Crippen LogP contribution is -2.12. The summed E-state index contributed by atoms with van der Waals surface area (Å²) >= 11 is 1.44. The van der Waals surface area contributed by atoms with E-state index in [1.165, 1.54) is 11.3 Å². The van der Waals surface area contributed by atoms with Gasteiger partial charge in [0.15, 0.2) is 5.13 Å². The van der Waals surface area contributed by atoms with Crippen molar-refractivity contribution < 1.29 is 4.79 Å². The van der Waals surface area contributed by atoms with Gasteiger partial charge in [-0.3, -0.25) is 4.79 Å². The smallest absolute Gasteiger partial charge is 0.275 e. The van der Waals surface area contributed by atoms with Crippen molar-refractivity contribution in [3.05, 3.63) is 65.9 Å². The van der Waals surface area contributed by atoms with E-state index in [1.54, 1.807) is 5.38 Å². The Balaban J connectivity index is 1.78. The summed E-state index contributed by atoms with van der Waals surface area (Å²) in [6, 6.07) is 13.2. The Morgan fingerprint density at radius 1 is 1.11 bits per heavy atom. The van der Waals surface area contributed by atoms with E-state index in [0.717, 1.165) is 10.8 Å². The van der Waals surface area contributed by atoms with Crippen LogP contribution in [0.1, 0.15) is 10.5 Å². The highest BCUT2D eigenvalue weighted by Gasteiger charge is 2.11. The van der Waals surface area contributed by atoms with Crippen LogP contribution in [-0.2, 0) is 0 Å². The van der Waals surface area contributed by atoms with E-state index < -0.39 is 0 Å². The predicted octanol–water partition coefficient (Wildman–Crippen LogP) is 3.19. The molecule has 5 heteroatoms. The van der Waals surface area contributed by atoms with Crippen LogP contribution in [0.3, 0.4) is 0 Å². The Kier molecular flexibility index (Phi) is 3.12. The van der Waals surface area contributed by atoms with Gasteiger partial charge in [0.25, 0.3) is 5.91 Å². The maximum atomic E-state index is 12.0. The lowest BCUT2D eigenvalue weighted by Gasteiger charge is -2.01. The Labute approximate surface area is 114 Å². The molecule has 0 fully saturated rings. The van der Waals surface area contributed by atoms with E-state index in [1.807, 2.05) is 59.4 Å². The molecule has 1 amide bonds. The minimum atomic E-state index is -0.194. The molecule has 0 aliphatic carbocycles. The molecular formula is C14H11N3OS. The molecule has 19 heavy (non-hydrogen) atoms. The molecule has 0 bridgehead atoms. The van der Waals surface area contributed by atoms with Gasteiger partial charge in [-0.2, -0.15) is 0 Å². The summed E-state index contributed by atoms with van der Waals surface area (Å²) in [6.45, 7) is 0. The highest BCUT2D eigenvalue weighted by atomic mass is 32.1. The van der Waals surface area contributed by atoms with Crippen molar-refractivity contribution in [3.63, 3.8) is 0 Å². The molecule has 0 saturated heterocycles. The van der Waals surface area contributed by atoms with Crippen LogP contribution in [0.15, 0.2) is 60.2 Å². The van der Waals surface area contributed by atoms with Crippen LogP contribution < -0.4 is 5.32 Å². The van der Waals surface area contributed by atoms with Crippen molar-refractivity contribution in [3.8, 4) is 5.13 Å². The van der Waals surface area contributed by atoms with Crippen LogP contribution in [-0.4, -0.2) is 15.5 Å². The van der Waals surface area contributed by atoms with Gasteiger partial charge in [-0.15, -0.1) is 11.3 Å². The van der Waals surface area contributed by atoms with Gasteiger partial charge in [-0.1, -0.05) is 18.2 Å². The Hall–Kier alpha value is -2.40. The van der Waals surface area contributed by atoms with Gasteiger partial charge in [-0.05, 0) is 24.3 Å². The molecule has 94 valence electrons. The van der Waals surface area contributed by atoms with E-state index in [9.17, 15) is 4.79 Å². The van der Waals surface area contributed by atoms with Crippen LogP contribution >= 0.6 is 11.3 Å². The fraction of sp³-hybridized carbons (Fsp3) is 0. The summed E-state index contributed by atoms with van der Waals surface area (Å²) in [6.07, 6.45) is 3.80. The second-order valence-corrected chi connectivity index (χ2v) is 4.76. The average Bonchev–Trinajstić information content (AvgIpc) is 3.11. The quantitative estimate of drug-likeness (QED) is 0.793. The van der Waals surface area contributed by atoms with Gasteiger partial charge in [0.2, 0.25) is 0 Å². The van der Waals surface area contributed by atoms with E-state index in [-0.39, 0.29) is 5.91 Å². The average molecular weight is 269 g/mol. The first kappa shape index (κ1) is 11.7. The van der Waals surface area contributed by atoms with Crippen LogP contribution in [0, 0.1) is 0 Å². The number of para-hydroxylation sites is 1. The lowest BCUT2D eigenvalue weighted by atomic mass is 10.3. The number of hydrogen-bond donors (Lipinski definition) is 1. The summed E-state index contributed by atoms with van der Waals surface area (Å²) in [5.74, 6) is -0.194. The number of hydrogen-bond acceptors (Lipinski definition) is 3. The second-order valence-electron chi connectivity index (χ2n) is 3.93. The minimum Gasteiger partial charge on any atom is -0.321 e. The third kappa shape index (κ3) is 2.56. The van der Waals surface area contributed by atoms with Crippen LogP contribution in [0.25, 0.3) is 5.13 Å². The molecule has 1 aromatic carbocycles. The van der Waals surface area contributed by atoms with Gasteiger partial charge in [0, 0.05) is 23.5 Å². The summed E-state index contributed by atoms with van der Waals surface area (Å²) in [5, 5.41) is 5.35. The molecule has 1 N–H and O–H groups in total. The van der Waals surface area contributed by atoms with Crippen molar-refractivity contribution >= 4 is 22.9 Å². The first-order valence-electron chi connectivity index (χ1n) is 5.78. The predicted molar refractivity (Wildman–Crippen MR) is 75.8 cm³/mol. The Morgan fingerprint density at radius 2 is 1.84 bits per heavy atom. The van der Waals surface area contributed by atoms with Crippen molar-refractivity contribution in [2.75, 3.05) is 5.32 Å². The van der Waals surface area contributed by atoms with Gasteiger partial charge in [0.1, 0.15) is 5.69 Å². The highest BCUT2D eigenvalue weighted by Crippen LogP contribution is 2.16. The first-order valence-corrected chi connectivity index (χ1v) is 6.66. The summed E-state index contributed by atoms with van der Waals surface area (Å²) in [7, 11) is 0. The lowest BCUT2D eigenvalue weighted by molar-refractivity contribution is 0.102. The van der Waals surface area contributed by atoms with Crippen LogP contribution in [0.2, 0.25) is 0 Å². The number of amides is 1. The van der Waals surface area contributed by atoms with E-state index in [4.69, 9.17) is 0 Å². The highest BCUT2D eigenvalue weighted by molar-refractivity contribution is 7.12. The van der Waals surface area contributed by atoms with E-state index in [2.05, 4.69) is 10.3 Å². The zero-order valence-electron chi connectivity index (χ0n) is 9.98. The summed E-state index contributed by atoms with van der Waals surface area (Å²) in [5.41, 5.74) is 1.19. The second kappa shape index (κ2) is 5.07. The van der Waals surface area contributed by atoms with E-state index >= 15 is 0 Å². The third-order valence-corrected chi connectivity index (χ3v) is 3.44. The molecule has 0 unspecified atom stereocenters. The molecule has 2 heterocycles. The van der Waals surface area contributed by atoms with Gasteiger partial charge in [-0.25, -0.2) is 4.98 Å². The number of aromatic nitrogens is 2. The third-order valence-electron chi connectivity index (χ3n) is 2.58. The SMILES string of the molecule is O=C(Nc1ccccc1)c1csc(-n2cccc2)n1. The monoisotopic (exact) mass is 269 g/mol. The molecule has 0 spiro atoms. The maximum absolute atomic E-state index is 12.0. The number of carbonyl (C=O) groups excluding carboxylic acids is 1. The molecule has 0 aliphatic heterocycles. The molecule has 0 radical (unpaired) electrons. The molecule has 0 aliphatic rings. The zero-order chi connectivity index (χ0) is 13.1. The maximum Gasteiger partial charge on any atom is 0.275 e. The number of nitrogens with one attached hydrogen (secondary N) is 1. The number of carbonyl (C=O) groups is 1. The zero-order valence-corrected chi connectivity index (χ0v) is 10.8. The van der Waals surface area contributed by atoms with Gasteiger partial charge < -0.3 is 9.88 Å². The van der Waals surface area contributed by atoms with Gasteiger partial charge in [0.05, 0.1) is 0 Å². The standard InChI is InChI=1S/C14H11N3OS/c18-13(15-11-6-2-1-3-7-11)12-10-19-14(16-12)17-8-4-5-9-17/h1-10H,(H,15,18). The molecule has 0 atom stereocenters. The first-order chi connectivity index (χ1) is 9.33. The largest absolute Gasteiger partial charge is 0.321 e. The molecule has 2 aromatic heterocycles. The summed E-state index contributed by atoms with van der Waals surface area (Å²) in [4.78, 5) is 16.3. The van der Waals surface area contributed by atoms with Gasteiger partial charge >= 0.3 is 0 Å². The Bertz CT molecular complexity index is 674. The van der Waals surface area contributed by atoms with Crippen molar-refractivity contribution in [2.45, 2.75) is 0 Å². The number of thiazole rings is 1. The topological polar surface area (TPSA) is 46.9 Å². The number of benzene rings is 1. The van der Waals surface area contributed by atoms with Crippen molar-refractivity contribution in [2.24, 2.45) is 0 Å². The molecule has 3 rings (SSSR count). The molecular weight excluding hydrogens is 258 g/mol. The van der Waals surface area contributed by atoms with E-state index in [0.29, 0.717) is 5.69 Å². The Morgan fingerprint density at radius 3 is 2.58 bits per heavy atom. The van der Waals surface area contributed by atoms with Crippen molar-refractivity contribution in [1.29, 1.82) is 0 Å². The van der Waals surface area contributed by atoms with Crippen LogP contribution in [0.4, 0.5) is 5.69 Å². The molecule has 3 aromatic rings. The van der Waals surface area contributed by atoms with Crippen LogP contribution in [0.5, 0.6) is 0 Å². The fourth-order valence-corrected chi connectivity index (χ4v) is 2.44. The minimum absolute atomic E-state index is 0.194. The number of anilines is 1. The van der Waals surface area contributed by atoms with Crippen molar-refractivity contribution in [1.82, 2.24) is 9.55 Å². The normalized spacial score (nSPS) is 10.3. The molecule has 4 nitrogen and oxygen atoms in total.